The van der Waals surface area contributed by atoms with Gasteiger partial charge < -0.3 is 15.7 Å². The van der Waals surface area contributed by atoms with Crippen molar-refractivity contribution in [3.05, 3.63) is 28.8 Å². The number of anilines is 1. The van der Waals surface area contributed by atoms with E-state index in [-0.39, 0.29) is 18.6 Å². The van der Waals surface area contributed by atoms with Crippen molar-refractivity contribution in [2.75, 3.05) is 18.9 Å². The Kier molecular flexibility index (Phi) is 3.54. The van der Waals surface area contributed by atoms with Crippen molar-refractivity contribution in [1.29, 1.82) is 0 Å². The van der Waals surface area contributed by atoms with Gasteiger partial charge in [-0.25, -0.2) is 0 Å². The van der Waals surface area contributed by atoms with Gasteiger partial charge in [0.15, 0.2) is 0 Å². The number of nitrogens with zero attached hydrogens (tertiary/aromatic N) is 1. The molecule has 0 atom stereocenters. The van der Waals surface area contributed by atoms with Crippen molar-refractivity contribution >= 4 is 23.2 Å². The third kappa shape index (κ3) is 2.70. The van der Waals surface area contributed by atoms with Gasteiger partial charge in [-0.1, -0.05) is 11.6 Å². The molecule has 0 unspecified atom stereocenters. The summed E-state index contributed by atoms with van der Waals surface area (Å²) in [6.07, 6.45) is 1.98. The van der Waals surface area contributed by atoms with E-state index < -0.39 is 0 Å². The smallest absolute Gasteiger partial charge is 0.256 e. The molecule has 5 heteroatoms. The molecule has 0 aromatic heterocycles. The summed E-state index contributed by atoms with van der Waals surface area (Å²) >= 11 is 5.86. The standard InChI is InChI=1S/C12H15ClN2O2/c13-8-1-4-11(14)10(7-8)12(17)15(5-6-16)9-2-3-9/h1,4,7,9,16H,2-3,5-6,14H2. The Balaban J connectivity index is 2.24. The van der Waals surface area contributed by atoms with E-state index in [9.17, 15) is 4.79 Å². The number of benzene rings is 1. The van der Waals surface area contributed by atoms with E-state index in [4.69, 9.17) is 22.4 Å². The summed E-state index contributed by atoms with van der Waals surface area (Å²) < 4.78 is 0. The van der Waals surface area contributed by atoms with Crippen molar-refractivity contribution in [1.82, 2.24) is 4.90 Å². The van der Waals surface area contributed by atoms with Gasteiger partial charge in [-0.05, 0) is 31.0 Å². The molecule has 1 fully saturated rings. The average Bonchev–Trinajstić information content (AvgIpc) is 3.12. The lowest BCUT2D eigenvalue weighted by molar-refractivity contribution is 0.0708. The van der Waals surface area contributed by atoms with E-state index in [1.165, 1.54) is 0 Å². The van der Waals surface area contributed by atoms with Crippen LogP contribution in [0.25, 0.3) is 0 Å². The zero-order valence-corrected chi connectivity index (χ0v) is 10.2. The summed E-state index contributed by atoms with van der Waals surface area (Å²) in [5, 5.41) is 9.47. The Bertz CT molecular complexity index is 433. The number of carbonyl (C=O) groups is 1. The van der Waals surface area contributed by atoms with Crippen LogP contribution >= 0.6 is 11.6 Å². The van der Waals surface area contributed by atoms with Crippen molar-refractivity contribution < 1.29 is 9.90 Å². The molecule has 0 spiro atoms. The highest BCUT2D eigenvalue weighted by Crippen LogP contribution is 2.29. The second kappa shape index (κ2) is 4.94. The summed E-state index contributed by atoms with van der Waals surface area (Å²) in [7, 11) is 0. The number of halogens is 1. The second-order valence-corrected chi connectivity index (χ2v) is 4.62. The lowest BCUT2D eigenvalue weighted by Crippen LogP contribution is -2.35. The van der Waals surface area contributed by atoms with Gasteiger partial charge in [-0.3, -0.25) is 4.79 Å². The summed E-state index contributed by atoms with van der Waals surface area (Å²) in [6, 6.07) is 5.10. The minimum atomic E-state index is -0.151. The molecule has 1 saturated carbocycles. The van der Waals surface area contributed by atoms with Crippen LogP contribution in [-0.2, 0) is 0 Å². The Labute approximate surface area is 105 Å². The molecule has 0 aliphatic heterocycles. The molecule has 1 amide bonds. The molecule has 0 heterocycles. The first kappa shape index (κ1) is 12.2. The van der Waals surface area contributed by atoms with Crippen molar-refractivity contribution in [3.8, 4) is 0 Å². The lowest BCUT2D eigenvalue weighted by atomic mass is 10.1. The quantitative estimate of drug-likeness (QED) is 0.801. The second-order valence-electron chi connectivity index (χ2n) is 4.18. The molecule has 1 aliphatic carbocycles. The number of carbonyl (C=O) groups excluding carboxylic acids is 1. The molecule has 0 radical (unpaired) electrons. The first-order valence-corrected chi connectivity index (χ1v) is 5.98. The number of amides is 1. The molecule has 1 aliphatic rings. The number of aliphatic hydroxyl groups excluding tert-OH is 1. The van der Waals surface area contributed by atoms with Gasteiger partial charge >= 0.3 is 0 Å². The van der Waals surface area contributed by atoms with Crippen LogP contribution in [-0.4, -0.2) is 35.1 Å². The monoisotopic (exact) mass is 254 g/mol. The molecular weight excluding hydrogens is 240 g/mol. The Morgan fingerprint density at radius 1 is 1.53 bits per heavy atom. The van der Waals surface area contributed by atoms with E-state index in [0.717, 1.165) is 12.8 Å². The number of hydrogen-bond acceptors (Lipinski definition) is 3. The SMILES string of the molecule is Nc1ccc(Cl)cc1C(=O)N(CCO)C1CC1. The topological polar surface area (TPSA) is 66.6 Å². The van der Waals surface area contributed by atoms with Gasteiger partial charge in [0, 0.05) is 23.3 Å². The molecule has 92 valence electrons. The molecule has 2 rings (SSSR count). The molecular formula is C12H15ClN2O2. The van der Waals surface area contributed by atoms with Crippen LogP contribution in [0.1, 0.15) is 23.2 Å². The lowest BCUT2D eigenvalue weighted by Gasteiger charge is -2.22. The van der Waals surface area contributed by atoms with Crippen molar-refractivity contribution in [2.45, 2.75) is 18.9 Å². The number of hydrogen-bond donors (Lipinski definition) is 2. The zero-order valence-electron chi connectivity index (χ0n) is 9.40. The largest absolute Gasteiger partial charge is 0.398 e. The van der Waals surface area contributed by atoms with E-state index in [1.54, 1.807) is 23.1 Å². The molecule has 0 saturated heterocycles. The van der Waals surface area contributed by atoms with Crippen LogP contribution in [0.2, 0.25) is 5.02 Å². The molecule has 1 aromatic carbocycles. The summed E-state index contributed by atoms with van der Waals surface area (Å²) in [6.45, 7) is 0.304. The fraction of sp³-hybridized carbons (Fsp3) is 0.417. The van der Waals surface area contributed by atoms with Gasteiger partial charge in [0.25, 0.3) is 5.91 Å². The maximum atomic E-state index is 12.3. The van der Waals surface area contributed by atoms with Gasteiger partial charge in [-0.2, -0.15) is 0 Å². The normalized spacial score (nSPS) is 14.7. The zero-order chi connectivity index (χ0) is 12.4. The summed E-state index contributed by atoms with van der Waals surface area (Å²) in [4.78, 5) is 13.9. The van der Waals surface area contributed by atoms with Gasteiger partial charge in [-0.15, -0.1) is 0 Å². The molecule has 1 aromatic rings. The third-order valence-corrected chi connectivity index (χ3v) is 3.07. The fourth-order valence-electron chi connectivity index (χ4n) is 1.81. The Morgan fingerprint density at radius 3 is 2.82 bits per heavy atom. The van der Waals surface area contributed by atoms with Gasteiger partial charge in [0.2, 0.25) is 0 Å². The van der Waals surface area contributed by atoms with Crippen LogP contribution in [0.3, 0.4) is 0 Å². The van der Waals surface area contributed by atoms with E-state index >= 15 is 0 Å². The predicted molar refractivity (Wildman–Crippen MR) is 67.0 cm³/mol. The predicted octanol–water partition coefficient (Wildman–Crippen LogP) is 1.52. The van der Waals surface area contributed by atoms with Gasteiger partial charge in [0.1, 0.15) is 0 Å². The highest BCUT2D eigenvalue weighted by atomic mass is 35.5. The van der Waals surface area contributed by atoms with Crippen LogP contribution in [0, 0.1) is 0 Å². The third-order valence-electron chi connectivity index (χ3n) is 2.84. The molecule has 17 heavy (non-hydrogen) atoms. The van der Waals surface area contributed by atoms with Crippen LogP contribution < -0.4 is 5.73 Å². The minimum absolute atomic E-state index is 0.0390. The van der Waals surface area contributed by atoms with E-state index in [1.807, 2.05) is 0 Å². The first-order chi connectivity index (χ1) is 8.13. The maximum Gasteiger partial charge on any atom is 0.256 e. The highest BCUT2D eigenvalue weighted by molar-refractivity contribution is 6.31. The first-order valence-electron chi connectivity index (χ1n) is 5.60. The number of aliphatic hydroxyl groups is 1. The number of nitrogens with two attached hydrogens (primary N) is 1. The van der Waals surface area contributed by atoms with Crippen molar-refractivity contribution in [3.63, 3.8) is 0 Å². The van der Waals surface area contributed by atoms with Crippen LogP contribution in [0.15, 0.2) is 18.2 Å². The maximum absolute atomic E-state index is 12.3. The van der Waals surface area contributed by atoms with E-state index in [2.05, 4.69) is 0 Å². The molecule has 4 nitrogen and oxygen atoms in total. The van der Waals surface area contributed by atoms with Crippen LogP contribution in [0.4, 0.5) is 5.69 Å². The van der Waals surface area contributed by atoms with Gasteiger partial charge in [0.05, 0.1) is 12.2 Å². The molecule has 3 N–H and O–H groups in total. The van der Waals surface area contributed by atoms with Crippen molar-refractivity contribution in [2.24, 2.45) is 0 Å². The summed E-state index contributed by atoms with van der Waals surface area (Å²) in [5.74, 6) is -0.151. The average molecular weight is 255 g/mol. The Morgan fingerprint density at radius 2 is 2.24 bits per heavy atom. The number of nitrogen functional groups attached to an aromatic ring is 1. The highest BCUT2D eigenvalue weighted by Gasteiger charge is 2.33. The minimum Gasteiger partial charge on any atom is -0.398 e. The Hall–Kier alpha value is -1.26. The fourth-order valence-corrected chi connectivity index (χ4v) is 1.98. The summed E-state index contributed by atoms with van der Waals surface area (Å²) in [5.41, 5.74) is 6.61. The van der Waals surface area contributed by atoms with E-state index in [0.29, 0.717) is 22.8 Å². The number of rotatable bonds is 4. The molecule has 0 bridgehead atoms. The van der Waals surface area contributed by atoms with Crippen LogP contribution in [0.5, 0.6) is 0 Å².